The lowest BCUT2D eigenvalue weighted by atomic mass is 11.3. The summed E-state index contributed by atoms with van der Waals surface area (Å²) in [5.74, 6) is 0. The van der Waals surface area contributed by atoms with Crippen molar-refractivity contribution in [3.63, 3.8) is 0 Å². The van der Waals surface area contributed by atoms with Gasteiger partial charge in [-0.15, -0.1) is 19.7 Å². The first kappa shape index (κ1) is 15.8. The molecule has 0 amide bonds. The molecule has 0 aliphatic carbocycles. The van der Waals surface area contributed by atoms with E-state index in [9.17, 15) is 0 Å². The van der Waals surface area contributed by atoms with Crippen LogP contribution in [0, 0.1) is 0 Å². The van der Waals surface area contributed by atoms with Crippen molar-refractivity contribution in [3.05, 3.63) is 36.8 Å². The summed E-state index contributed by atoms with van der Waals surface area (Å²) in [4.78, 5) is 0. The minimum Gasteiger partial charge on any atom is -0.359 e. The third kappa shape index (κ3) is 3.16. The molecule has 4 heteroatoms. The molecule has 0 aromatic heterocycles. The maximum absolute atomic E-state index is 4.04. The van der Waals surface area contributed by atoms with Gasteiger partial charge in [-0.25, -0.2) is 0 Å². The van der Waals surface area contributed by atoms with E-state index in [1.807, 2.05) is 0 Å². The molecule has 0 aliphatic heterocycles. The van der Waals surface area contributed by atoms with Gasteiger partial charge in [0.25, 0.3) is 0 Å². The summed E-state index contributed by atoms with van der Waals surface area (Å²) in [7, 11) is -4.62. The van der Waals surface area contributed by atoms with Gasteiger partial charge < -0.3 is 3.90 Å². The van der Waals surface area contributed by atoms with Crippen LogP contribution in [0.2, 0.25) is 39.3 Å². The zero-order valence-corrected chi connectivity index (χ0v) is 14.8. The van der Waals surface area contributed by atoms with Gasteiger partial charge in [0.15, 0.2) is 0 Å². The highest BCUT2D eigenvalue weighted by Gasteiger charge is 2.45. The van der Waals surface area contributed by atoms with E-state index >= 15 is 0 Å². The molecule has 16 heavy (non-hydrogen) atoms. The van der Waals surface area contributed by atoms with Gasteiger partial charge >= 0.3 is 0 Å². The Morgan fingerprint density at radius 3 is 0.938 bits per heavy atom. The molecule has 0 rings (SSSR count). The molecule has 0 spiro atoms. The van der Waals surface area contributed by atoms with Gasteiger partial charge in [0, 0.05) is 0 Å². The van der Waals surface area contributed by atoms with Gasteiger partial charge in [0.2, 0.25) is 0 Å². The maximum atomic E-state index is 4.04. The molecule has 1 nitrogen and oxygen atoms in total. The van der Waals surface area contributed by atoms with Crippen molar-refractivity contribution in [1.29, 1.82) is 0 Å². The lowest BCUT2D eigenvalue weighted by molar-refractivity contribution is 0.927. The Morgan fingerprint density at radius 1 is 0.625 bits per heavy atom. The lowest BCUT2D eigenvalue weighted by Crippen LogP contribution is -2.70. The van der Waals surface area contributed by atoms with E-state index < -0.39 is 24.7 Å². The fourth-order valence-corrected chi connectivity index (χ4v) is 22.5. The van der Waals surface area contributed by atoms with Crippen molar-refractivity contribution >= 4 is 24.7 Å². The molecule has 0 aromatic rings. The summed E-state index contributed by atoms with van der Waals surface area (Å²) in [6.45, 7) is 26.4. The molecule has 0 aliphatic rings. The number of rotatable bonds is 6. The number of nitrogens with zero attached hydrogens (tertiary/aromatic N) is 1. The Bertz CT molecular complexity index is 245. The molecule has 0 radical (unpaired) electrons. The first-order valence-electron chi connectivity index (χ1n) is 5.76. The van der Waals surface area contributed by atoms with E-state index in [4.69, 9.17) is 0 Å². The highest BCUT2D eigenvalue weighted by atomic mass is 28.5. The summed E-state index contributed by atoms with van der Waals surface area (Å²) >= 11 is 0. The van der Waals surface area contributed by atoms with Crippen LogP contribution in [0.15, 0.2) is 36.8 Å². The minimum atomic E-state index is -1.54. The molecular weight excluding hydrogens is 242 g/mol. The van der Waals surface area contributed by atoms with E-state index in [2.05, 4.69) is 80.0 Å². The van der Waals surface area contributed by atoms with E-state index in [1.165, 1.54) is 0 Å². The summed E-state index contributed by atoms with van der Waals surface area (Å²) < 4.78 is 2.79. The molecule has 0 saturated heterocycles. The predicted molar refractivity (Wildman–Crippen MR) is 84.9 cm³/mol. The second-order valence-electron chi connectivity index (χ2n) is 5.91. The average Bonchev–Trinajstić information content (AvgIpc) is 2.16. The van der Waals surface area contributed by atoms with Crippen molar-refractivity contribution in [2.24, 2.45) is 0 Å². The van der Waals surface area contributed by atoms with Crippen LogP contribution < -0.4 is 0 Å². The molecule has 0 N–H and O–H groups in total. The van der Waals surface area contributed by atoms with Crippen LogP contribution in [0.3, 0.4) is 0 Å². The third-order valence-corrected chi connectivity index (χ3v) is 20.1. The van der Waals surface area contributed by atoms with E-state index in [-0.39, 0.29) is 0 Å². The Balaban J connectivity index is 5.66. The second-order valence-corrected chi connectivity index (χ2v) is 19.7. The normalized spacial score (nSPS) is 13.7. The Morgan fingerprint density at radius 2 is 0.812 bits per heavy atom. The van der Waals surface area contributed by atoms with E-state index in [0.29, 0.717) is 0 Å². The van der Waals surface area contributed by atoms with Crippen LogP contribution in [0.5, 0.6) is 0 Å². The SMILES string of the molecule is C=C[Si](C)(C)N([Si](C)(C)C=C)[Si](C)(C)C=C. The first-order valence-corrected chi connectivity index (χ1v) is 14.8. The van der Waals surface area contributed by atoms with Crippen LogP contribution in [-0.4, -0.2) is 28.6 Å². The molecule has 0 atom stereocenters. The monoisotopic (exact) mass is 269 g/mol. The molecule has 0 saturated carbocycles. The predicted octanol–water partition coefficient (Wildman–Crippen LogP) is 4.08. The lowest BCUT2D eigenvalue weighted by Gasteiger charge is -2.52. The second kappa shape index (κ2) is 5.00. The van der Waals surface area contributed by atoms with Gasteiger partial charge in [0.1, 0.15) is 24.7 Å². The van der Waals surface area contributed by atoms with Crippen molar-refractivity contribution < 1.29 is 0 Å². The molecule has 0 fully saturated rings. The fourth-order valence-electron chi connectivity index (χ4n) is 2.50. The molecule has 0 heterocycles. The van der Waals surface area contributed by atoms with Gasteiger partial charge in [0.05, 0.1) is 0 Å². The molecule has 0 bridgehead atoms. The topological polar surface area (TPSA) is 3.24 Å². The fraction of sp³-hybridized carbons (Fsp3) is 0.500. The Kier molecular flexibility index (Phi) is 4.94. The van der Waals surface area contributed by atoms with E-state index in [0.717, 1.165) is 0 Å². The Labute approximate surface area is 105 Å². The summed E-state index contributed by atoms with van der Waals surface area (Å²) in [6.07, 6.45) is 0. The standard InChI is InChI=1S/C12H27NSi3/c1-10-14(4,5)13(15(6,7)11-2)16(8,9)12-3/h10-12H,1-3H2,4-9H3. The average molecular weight is 270 g/mol. The maximum Gasteiger partial charge on any atom is 0.133 e. The highest BCUT2D eigenvalue weighted by molar-refractivity contribution is 7.08. The van der Waals surface area contributed by atoms with Crippen LogP contribution >= 0.6 is 0 Å². The van der Waals surface area contributed by atoms with Gasteiger partial charge in [-0.05, 0) is 0 Å². The van der Waals surface area contributed by atoms with Crippen molar-refractivity contribution in [2.45, 2.75) is 39.3 Å². The smallest absolute Gasteiger partial charge is 0.133 e. The molecule has 0 unspecified atom stereocenters. The zero-order chi connectivity index (χ0) is 13.2. The van der Waals surface area contributed by atoms with Crippen molar-refractivity contribution in [1.82, 2.24) is 3.90 Å². The number of hydrogen-bond donors (Lipinski definition) is 0. The van der Waals surface area contributed by atoms with Crippen LogP contribution in [0.4, 0.5) is 0 Å². The van der Waals surface area contributed by atoms with Gasteiger partial charge in [-0.1, -0.05) is 56.4 Å². The molecular formula is C12H27NSi3. The zero-order valence-electron chi connectivity index (χ0n) is 11.8. The Hall–Kier alpha value is -0.169. The first-order chi connectivity index (χ1) is 7.05. The highest BCUT2D eigenvalue weighted by Crippen LogP contribution is 2.29. The summed E-state index contributed by atoms with van der Waals surface area (Å²) in [5.41, 5.74) is 6.55. The minimum absolute atomic E-state index is 1.54. The largest absolute Gasteiger partial charge is 0.359 e. The van der Waals surface area contributed by atoms with Crippen LogP contribution in [-0.2, 0) is 0 Å². The quantitative estimate of drug-likeness (QED) is 0.657. The molecule has 0 aromatic carbocycles. The van der Waals surface area contributed by atoms with Crippen molar-refractivity contribution in [3.8, 4) is 0 Å². The third-order valence-electron chi connectivity index (χ3n) is 3.23. The van der Waals surface area contributed by atoms with Gasteiger partial charge in [-0.3, -0.25) is 0 Å². The summed E-state index contributed by atoms with van der Waals surface area (Å²) in [5, 5.41) is 0. The summed E-state index contributed by atoms with van der Waals surface area (Å²) in [6, 6.07) is 0. The van der Waals surface area contributed by atoms with Crippen LogP contribution in [0.25, 0.3) is 0 Å². The van der Waals surface area contributed by atoms with E-state index in [1.54, 1.807) is 0 Å². The molecule has 92 valence electrons. The van der Waals surface area contributed by atoms with Gasteiger partial charge in [-0.2, -0.15) is 0 Å². The van der Waals surface area contributed by atoms with Crippen molar-refractivity contribution in [2.75, 3.05) is 0 Å². The number of hydrogen-bond acceptors (Lipinski definition) is 1. The van der Waals surface area contributed by atoms with Crippen LogP contribution in [0.1, 0.15) is 0 Å².